The largest absolute Gasteiger partial charge is 0.396 e. The summed E-state index contributed by atoms with van der Waals surface area (Å²) >= 11 is 0. The number of carbonyl (C=O) groups is 1. The Morgan fingerprint density at radius 1 is 1.22 bits per heavy atom. The zero-order valence-electron chi connectivity index (χ0n) is 13.3. The van der Waals surface area contributed by atoms with E-state index in [1.54, 1.807) is 12.3 Å². The summed E-state index contributed by atoms with van der Waals surface area (Å²) in [6.07, 6.45) is 3.96. The van der Waals surface area contributed by atoms with Crippen molar-refractivity contribution in [1.29, 1.82) is 0 Å². The molecule has 1 aromatic heterocycles. The van der Waals surface area contributed by atoms with E-state index in [2.05, 4.69) is 10.3 Å². The highest BCUT2D eigenvalue weighted by molar-refractivity contribution is 5.94. The molecule has 1 unspecified atom stereocenters. The highest BCUT2D eigenvalue weighted by Crippen LogP contribution is 2.12. The van der Waals surface area contributed by atoms with Crippen LogP contribution in [0.3, 0.4) is 0 Å². The third kappa shape index (κ3) is 5.68. The number of hydrogen-bond acceptors (Lipinski definition) is 3. The lowest BCUT2D eigenvalue weighted by molar-refractivity contribution is -0.116. The molecule has 120 valence electrons. The Kier molecular flexibility index (Phi) is 6.51. The molecule has 1 aromatic carbocycles. The number of benzene rings is 1. The van der Waals surface area contributed by atoms with Gasteiger partial charge in [0.2, 0.25) is 5.91 Å². The summed E-state index contributed by atoms with van der Waals surface area (Å²) in [7, 11) is 0. The Labute approximate surface area is 136 Å². The predicted octanol–water partition coefficient (Wildman–Crippen LogP) is 2.45. The zero-order valence-corrected chi connectivity index (χ0v) is 13.3. The molecule has 0 aliphatic heterocycles. The third-order valence-corrected chi connectivity index (χ3v) is 3.62. The van der Waals surface area contributed by atoms with E-state index >= 15 is 0 Å². The molecular weight excluding hydrogens is 288 g/mol. The molecule has 2 aromatic rings. The monoisotopic (exact) mass is 310 g/mol. The van der Waals surface area contributed by atoms with Crippen molar-refractivity contribution in [1.82, 2.24) is 10.3 Å². The Morgan fingerprint density at radius 3 is 2.61 bits per heavy atom. The molecule has 0 saturated heterocycles. The summed E-state index contributed by atoms with van der Waals surface area (Å²) in [6, 6.07) is 15.5. The number of hydrogen-bond donors (Lipinski definition) is 2. The smallest absolute Gasteiger partial charge is 0.244 e. The second kappa shape index (κ2) is 8.86. The number of aliphatic hydroxyl groups is 1. The molecule has 23 heavy (non-hydrogen) atoms. The molecule has 4 heteroatoms. The Hall–Kier alpha value is -2.46. The van der Waals surface area contributed by atoms with Gasteiger partial charge in [0.25, 0.3) is 0 Å². The van der Waals surface area contributed by atoms with E-state index in [1.165, 1.54) is 0 Å². The van der Waals surface area contributed by atoms with Crippen molar-refractivity contribution in [3.05, 3.63) is 72.1 Å². The van der Waals surface area contributed by atoms with Crippen LogP contribution in [0.25, 0.3) is 5.57 Å². The van der Waals surface area contributed by atoms with Gasteiger partial charge in [-0.05, 0) is 36.6 Å². The number of amides is 1. The standard InChI is InChI=1S/C19H22N2O2/c1-15(17-7-3-2-4-8-17)11-19(23)21-13-16(14-22)12-18-9-5-6-10-20-18/h2-11,16,22H,12-14H2,1H3,(H,21,23). The molecule has 0 spiro atoms. The van der Waals surface area contributed by atoms with Crippen LogP contribution in [0.1, 0.15) is 18.2 Å². The maximum atomic E-state index is 12.0. The number of aliphatic hydroxyl groups excluding tert-OH is 1. The number of allylic oxidation sites excluding steroid dienone is 1. The number of rotatable bonds is 7. The van der Waals surface area contributed by atoms with Gasteiger partial charge in [0.05, 0.1) is 0 Å². The van der Waals surface area contributed by atoms with Crippen molar-refractivity contribution < 1.29 is 9.90 Å². The molecule has 0 radical (unpaired) electrons. The Balaban J connectivity index is 1.87. The summed E-state index contributed by atoms with van der Waals surface area (Å²) in [6.45, 7) is 2.34. The van der Waals surface area contributed by atoms with Crippen molar-refractivity contribution in [2.45, 2.75) is 13.3 Å². The van der Waals surface area contributed by atoms with Crippen molar-refractivity contribution in [3.8, 4) is 0 Å². The maximum absolute atomic E-state index is 12.0. The zero-order chi connectivity index (χ0) is 16.5. The minimum absolute atomic E-state index is 0.0121. The van der Waals surface area contributed by atoms with E-state index in [1.807, 2.05) is 55.5 Å². The fourth-order valence-corrected chi connectivity index (χ4v) is 2.29. The first-order valence-electron chi connectivity index (χ1n) is 7.71. The van der Waals surface area contributed by atoms with Gasteiger partial charge in [-0.2, -0.15) is 0 Å². The van der Waals surface area contributed by atoms with E-state index in [4.69, 9.17) is 0 Å². The van der Waals surface area contributed by atoms with Crippen LogP contribution in [0.5, 0.6) is 0 Å². The van der Waals surface area contributed by atoms with E-state index < -0.39 is 0 Å². The van der Waals surface area contributed by atoms with Crippen LogP contribution in [0, 0.1) is 5.92 Å². The molecule has 1 heterocycles. The van der Waals surface area contributed by atoms with Gasteiger partial charge in [-0.1, -0.05) is 36.4 Å². The normalized spacial score (nSPS) is 12.7. The highest BCUT2D eigenvalue weighted by atomic mass is 16.3. The molecule has 0 bridgehead atoms. The number of nitrogens with one attached hydrogen (secondary N) is 1. The summed E-state index contributed by atoms with van der Waals surface area (Å²) in [4.78, 5) is 16.3. The molecule has 2 rings (SSSR count). The van der Waals surface area contributed by atoms with Crippen molar-refractivity contribution in [2.24, 2.45) is 5.92 Å². The second-order valence-corrected chi connectivity index (χ2v) is 5.51. The summed E-state index contributed by atoms with van der Waals surface area (Å²) in [5.41, 5.74) is 2.85. The quantitative estimate of drug-likeness (QED) is 0.772. The van der Waals surface area contributed by atoms with Crippen molar-refractivity contribution >= 4 is 11.5 Å². The molecule has 2 N–H and O–H groups in total. The van der Waals surface area contributed by atoms with Gasteiger partial charge in [0.1, 0.15) is 0 Å². The van der Waals surface area contributed by atoms with E-state index in [0.717, 1.165) is 16.8 Å². The Bertz CT molecular complexity index is 639. The van der Waals surface area contributed by atoms with Crippen LogP contribution in [-0.2, 0) is 11.2 Å². The minimum atomic E-state index is -0.147. The maximum Gasteiger partial charge on any atom is 0.244 e. The lowest BCUT2D eigenvalue weighted by Crippen LogP contribution is -2.31. The first-order chi connectivity index (χ1) is 11.2. The van der Waals surface area contributed by atoms with E-state index in [9.17, 15) is 9.90 Å². The second-order valence-electron chi connectivity index (χ2n) is 5.51. The van der Waals surface area contributed by atoms with Gasteiger partial charge in [-0.15, -0.1) is 0 Å². The Morgan fingerprint density at radius 2 is 1.96 bits per heavy atom. The lowest BCUT2D eigenvalue weighted by Gasteiger charge is -2.14. The fraction of sp³-hybridized carbons (Fsp3) is 0.263. The van der Waals surface area contributed by atoms with Crippen LogP contribution in [-0.4, -0.2) is 29.1 Å². The predicted molar refractivity (Wildman–Crippen MR) is 91.6 cm³/mol. The molecule has 1 amide bonds. The molecule has 0 saturated carbocycles. The molecule has 0 aliphatic rings. The number of pyridine rings is 1. The first kappa shape index (κ1) is 16.9. The van der Waals surface area contributed by atoms with Crippen LogP contribution >= 0.6 is 0 Å². The average Bonchev–Trinajstić information content (AvgIpc) is 2.60. The van der Waals surface area contributed by atoms with Crippen LogP contribution in [0.4, 0.5) is 0 Å². The third-order valence-electron chi connectivity index (χ3n) is 3.62. The molecule has 0 fully saturated rings. The summed E-state index contributed by atoms with van der Waals surface area (Å²) < 4.78 is 0. The SMILES string of the molecule is CC(=CC(=O)NCC(CO)Cc1ccccn1)c1ccccc1. The van der Waals surface area contributed by atoms with Crippen molar-refractivity contribution in [2.75, 3.05) is 13.2 Å². The van der Waals surface area contributed by atoms with Crippen LogP contribution < -0.4 is 5.32 Å². The fourth-order valence-electron chi connectivity index (χ4n) is 2.29. The van der Waals surface area contributed by atoms with E-state index in [-0.39, 0.29) is 18.4 Å². The van der Waals surface area contributed by atoms with Crippen LogP contribution in [0.2, 0.25) is 0 Å². The van der Waals surface area contributed by atoms with E-state index in [0.29, 0.717) is 13.0 Å². The molecule has 0 aliphatic carbocycles. The summed E-state index contributed by atoms with van der Waals surface area (Å²) in [5, 5.41) is 12.3. The lowest BCUT2D eigenvalue weighted by atomic mass is 10.0. The average molecular weight is 310 g/mol. The van der Waals surface area contributed by atoms with Gasteiger partial charge >= 0.3 is 0 Å². The van der Waals surface area contributed by atoms with Gasteiger partial charge in [-0.25, -0.2) is 0 Å². The molecular formula is C19H22N2O2. The van der Waals surface area contributed by atoms with Gasteiger partial charge in [0.15, 0.2) is 0 Å². The van der Waals surface area contributed by atoms with Crippen LogP contribution in [0.15, 0.2) is 60.8 Å². The highest BCUT2D eigenvalue weighted by Gasteiger charge is 2.10. The summed E-state index contributed by atoms with van der Waals surface area (Å²) in [5.74, 6) is -0.190. The molecule has 4 nitrogen and oxygen atoms in total. The van der Waals surface area contributed by atoms with Crippen molar-refractivity contribution in [3.63, 3.8) is 0 Å². The van der Waals surface area contributed by atoms with Gasteiger partial charge < -0.3 is 10.4 Å². The topological polar surface area (TPSA) is 62.2 Å². The number of aromatic nitrogens is 1. The van der Waals surface area contributed by atoms with Gasteiger partial charge in [-0.3, -0.25) is 9.78 Å². The molecule has 1 atom stereocenters. The number of carbonyl (C=O) groups excluding carboxylic acids is 1. The van der Waals surface area contributed by atoms with Gasteiger partial charge in [0, 0.05) is 37.0 Å². The first-order valence-corrected chi connectivity index (χ1v) is 7.71. The minimum Gasteiger partial charge on any atom is -0.396 e. The number of nitrogens with zero attached hydrogens (tertiary/aromatic N) is 1.